The zero-order valence-corrected chi connectivity index (χ0v) is 14.0. The maximum Gasteiger partial charge on any atom is 0.280 e. The summed E-state index contributed by atoms with van der Waals surface area (Å²) in [6.07, 6.45) is 12.0. The van der Waals surface area contributed by atoms with Gasteiger partial charge in [-0.2, -0.15) is 0 Å². The molecule has 1 atom stereocenters. The molecule has 0 fully saturated rings. The third-order valence-electron chi connectivity index (χ3n) is 5.15. The van der Waals surface area contributed by atoms with Crippen molar-refractivity contribution in [2.75, 3.05) is 0 Å². The van der Waals surface area contributed by atoms with Gasteiger partial charge >= 0.3 is 0 Å². The molecule has 2 aromatic heterocycles. The Hall–Kier alpha value is -2.30. The van der Waals surface area contributed by atoms with Crippen LogP contribution < -0.4 is 5.56 Å². The second kappa shape index (κ2) is 6.30. The molecule has 2 aliphatic heterocycles. The molecule has 0 amide bonds. The van der Waals surface area contributed by atoms with Crippen LogP contribution in [0.3, 0.4) is 0 Å². The molecule has 0 aliphatic carbocycles. The maximum absolute atomic E-state index is 12.8. The van der Waals surface area contributed by atoms with Gasteiger partial charge in [-0.3, -0.25) is 14.4 Å². The van der Waals surface area contributed by atoms with Crippen LogP contribution in [0.1, 0.15) is 50.4 Å². The molecule has 0 spiro atoms. The van der Waals surface area contributed by atoms with Gasteiger partial charge < -0.3 is 0 Å². The summed E-state index contributed by atoms with van der Waals surface area (Å²) in [4.78, 5) is 26.5. The van der Waals surface area contributed by atoms with Crippen LogP contribution in [0.5, 0.6) is 0 Å². The number of nitrogens with zero attached hydrogens (tertiary/aromatic N) is 4. The van der Waals surface area contributed by atoms with Crippen LogP contribution >= 0.6 is 0 Å². The Kier molecular flexibility index (Phi) is 4.00. The highest BCUT2D eigenvalue weighted by Gasteiger charge is 2.19. The Balaban J connectivity index is 1.80. The monoisotopic (exact) mass is 322 g/mol. The minimum Gasteiger partial charge on any atom is -0.295 e. The van der Waals surface area contributed by atoms with E-state index < -0.39 is 0 Å². The molecule has 1 unspecified atom stereocenters. The standard InChI is InChI=1S/C19H22N4O/c1-2-13-6-7-17-22-16-11-14(15-5-3-4-9-20-15)12-21-18(16)19(24)23(17)10-8-13/h5,9,11-13H,2-4,6-8,10H2,1H3. The number of aromatic nitrogens is 3. The fourth-order valence-electron chi connectivity index (χ4n) is 3.61. The summed E-state index contributed by atoms with van der Waals surface area (Å²) < 4.78 is 1.84. The molecule has 4 heterocycles. The molecular formula is C19H22N4O. The van der Waals surface area contributed by atoms with Crippen molar-refractivity contribution in [2.45, 2.75) is 52.0 Å². The van der Waals surface area contributed by atoms with Gasteiger partial charge in [-0.15, -0.1) is 0 Å². The van der Waals surface area contributed by atoms with Gasteiger partial charge in [-0.1, -0.05) is 19.4 Å². The van der Waals surface area contributed by atoms with Crippen molar-refractivity contribution in [3.8, 4) is 0 Å². The average Bonchev–Trinajstić information content (AvgIpc) is 2.84. The van der Waals surface area contributed by atoms with E-state index >= 15 is 0 Å². The van der Waals surface area contributed by atoms with Gasteiger partial charge in [0.25, 0.3) is 5.56 Å². The molecule has 0 saturated carbocycles. The molecule has 0 saturated heterocycles. The van der Waals surface area contributed by atoms with Crippen LogP contribution in [0.25, 0.3) is 16.7 Å². The van der Waals surface area contributed by atoms with Crippen LogP contribution in [-0.4, -0.2) is 20.7 Å². The summed E-state index contributed by atoms with van der Waals surface area (Å²) in [6.45, 7) is 2.98. The molecule has 5 nitrogen and oxygen atoms in total. The summed E-state index contributed by atoms with van der Waals surface area (Å²) in [7, 11) is 0. The van der Waals surface area contributed by atoms with E-state index in [0.717, 1.165) is 62.2 Å². The van der Waals surface area contributed by atoms with Gasteiger partial charge in [0.05, 0.1) is 11.2 Å². The smallest absolute Gasteiger partial charge is 0.280 e. The van der Waals surface area contributed by atoms with E-state index in [1.165, 1.54) is 0 Å². The third-order valence-corrected chi connectivity index (χ3v) is 5.15. The number of hydrogen-bond acceptors (Lipinski definition) is 4. The lowest BCUT2D eigenvalue weighted by molar-refractivity contribution is 0.432. The van der Waals surface area contributed by atoms with Crippen molar-refractivity contribution in [1.82, 2.24) is 14.5 Å². The molecule has 0 aromatic carbocycles. The number of hydrogen-bond donors (Lipinski definition) is 0. The number of fused-ring (bicyclic) bond motifs is 2. The molecule has 2 aromatic rings. The largest absolute Gasteiger partial charge is 0.295 e. The number of aliphatic imine (C=N–C) groups is 1. The molecule has 2 aliphatic rings. The minimum atomic E-state index is -0.000530. The van der Waals surface area contributed by atoms with Crippen molar-refractivity contribution >= 4 is 22.9 Å². The summed E-state index contributed by atoms with van der Waals surface area (Å²) in [5.41, 5.74) is 3.03. The van der Waals surface area contributed by atoms with Gasteiger partial charge in [-0.25, -0.2) is 9.97 Å². The van der Waals surface area contributed by atoms with E-state index in [9.17, 15) is 4.79 Å². The highest BCUT2D eigenvalue weighted by atomic mass is 16.1. The van der Waals surface area contributed by atoms with E-state index in [1.807, 2.05) is 16.8 Å². The zero-order chi connectivity index (χ0) is 16.5. The molecule has 4 rings (SSSR count). The van der Waals surface area contributed by atoms with Crippen molar-refractivity contribution in [3.05, 3.63) is 40.1 Å². The predicted molar refractivity (Wildman–Crippen MR) is 96.2 cm³/mol. The molecule has 24 heavy (non-hydrogen) atoms. The number of pyridine rings is 1. The zero-order valence-electron chi connectivity index (χ0n) is 14.0. The molecule has 0 radical (unpaired) electrons. The molecular weight excluding hydrogens is 300 g/mol. The molecule has 0 N–H and O–H groups in total. The summed E-state index contributed by atoms with van der Waals surface area (Å²) in [6, 6.07) is 1.96. The number of aryl methyl sites for hydroxylation is 1. The normalized spacial score (nSPS) is 20.5. The van der Waals surface area contributed by atoms with Crippen LogP contribution in [0.2, 0.25) is 0 Å². The fraction of sp³-hybridized carbons (Fsp3) is 0.474. The first-order valence-corrected chi connectivity index (χ1v) is 8.88. The van der Waals surface area contributed by atoms with Gasteiger partial charge in [0, 0.05) is 30.9 Å². The molecule has 5 heteroatoms. The lowest BCUT2D eigenvalue weighted by Gasteiger charge is -2.11. The van der Waals surface area contributed by atoms with E-state index in [0.29, 0.717) is 17.0 Å². The first-order valence-electron chi connectivity index (χ1n) is 8.88. The second-order valence-corrected chi connectivity index (χ2v) is 6.66. The van der Waals surface area contributed by atoms with E-state index in [2.05, 4.69) is 23.0 Å². The van der Waals surface area contributed by atoms with Gasteiger partial charge in [0.1, 0.15) is 5.82 Å². The Bertz CT molecular complexity index is 894. The first kappa shape index (κ1) is 15.2. The van der Waals surface area contributed by atoms with Crippen molar-refractivity contribution in [2.24, 2.45) is 10.9 Å². The van der Waals surface area contributed by atoms with Crippen LogP contribution in [0.15, 0.2) is 28.1 Å². The van der Waals surface area contributed by atoms with Gasteiger partial charge in [-0.05, 0) is 37.7 Å². The number of allylic oxidation sites excluding steroid dienone is 1. The lowest BCUT2D eigenvalue weighted by Crippen LogP contribution is -2.25. The topological polar surface area (TPSA) is 60.1 Å². The fourth-order valence-corrected chi connectivity index (χ4v) is 3.61. The summed E-state index contributed by atoms with van der Waals surface area (Å²) in [5.74, 6) is 1.59. The highest BCUT2D eigenvalue weighted by molar-refractivity contribution is 5.81. The lowest BCUT2D eigenvalue weighted by atomic mass is 9.98. The summed E-state index contributed by atoms with van der Waals surface area (Å²) >= 11 is 0. The highest BCUT2D eigenvalue weighted by Crippen LogP contribution is 2.24. The Morgan fingerprint density at radius 1 is 1.29 bits per heavy atom. The van der Waals surface area contributed by atoms with E-state index in [1.54, 1.807) is 6.20 Å². The molecule has 0 bridgehead atoms. The van der Waals surface area contributed by atoms with Crippen molar-refractivity contribution in [1.29, 1.82) is 0 Å². The summed E-state index contributed by atoms with van der Waals surface area (Å²) in [5, 5.41) is 0. The van der Waals surface area contributed by atoms with Gasteiger partial charge in [0.2, 0.25) is 0 Å². The average molecular weight is 322 g/mol. The van der Waals surface area contributed by atoms with Crippen molar-refractivity contribution < 1.29 is 0 Å². The minimum absolute atomic E-state index is 0.000530. The number of rotatable bonds is 2. The quantitative estimate of drug-likeness (QED) is 0.852. The van der Waals surface area contributed by atoms with Gasteiger partial charge in [0.15, 0.2) is 5.52 Å². The predicted octanol–water partition coefficient (Wildman–Crippen LogP) is 3.36. The second-order valence-electron chi connectivity index (χ2n) is 6.66. The molecule has 124 valence electrons. The van der Waals surface area contributed by atoms with Crippen LogP contribution in [0.4, 0.5) is 0 Å². The van der Waals surface area contributed by atoms with E-state index in [4.69, 9.17) is 4.98 Å². The SMILES string of the molecule is CCC1CCc2nc3cc(C4=CCCC=N4)cnc3c(=O)n2CC1. The first-order chi connectivity index (χ1) is 11.8. The van der Waals surface area contributed by atoms with Crippen LogP contribution in [0, 0.1) is 5.92 Å². The van der Waals surface area contributed by atoms with Crippen LogP contribution in [-0.2, 0) is 13.0 Å². The van der Waals surface area contributed by atoms with Crippen molar-refractivity contribution in [3.63, 3.8) is 0 Å². The Morgan fingerprint density at radius 2 is 2.21 bits per heavy atom. The van der Waals surface area contributed by atoms with E-state index in [-0.39, 0.29) is 5.56 Å². The maximum atomic E-state index is 12.8. The Morgan fingerprint density at radius 3 is 3.00 bits per heavy atom. The Labute approximate surface area is 141 Å². The third kappa shape index (κ3) is 2.68.